The van der Waals surface area contributed by atoms with Crippen LogP contribution >= 0.6 is 23.5 Å². The quantitative estimate of drug-likeness (QED) is 0.657. The van der Waals surface area contributed by atoms with Crippen molar-refractivity contribution in [2.75, 3.05) is 24.7 Å². The van der Waals surface area contributed by atoms with E-state index in [1.807, 2.05) is 0 Å². The van der Waals surface area contributed by atoms with E-state index in [0.717, 1.165) is 11.5 Å². The second-order valence-electron chi connectivity index (χ2n) is 2.09. The fraction of sp³-hybridized carbons (Fsp3) is 0.833. The van der Waals surface area contributed by atoms with Gasteiger partial charge in [-0.3, -0.25) is 4.79 Å². The highest BCUT2D eigenvalue weighted by atomic mass is 32.2. The zero-order valence-corrected chi connectivity index (χ0v) is 7.71. The molecule has 1 saturated heterocycles. The van der Waals surface area contributed by atoms with Gasteiger partial charge in [0.2, 0.25) is 5.91 Å². The van der Waals surface area contributed by atoms with Crippen molar-refractivity contribution in [2.24, 2.45) is 0 Å². The summed E-state index contributed by atoms with van der Waals surface area (Å²) in [5, 5.41) is 11.1. The van der Waals surface area contributed by atoms with Gasteiger partial charge in [0.05, 0.1) is 6.61 Å². The summed E-state index contributed by atoms with van der Waals surface area (Å²) in [6.45, 7) is 0.393. The molecule has 1 fully saturated rings. The van der Waals surface area contributed by atoms with Crippen molar-refractivity contribution in [3.8, 4) is 0 Å². The second kappa shape index (κ2) is 4.90. The van der Waals surface area contributed by atoms with E-state index in [0.29, 0.717) is 6.54 Å². The summed E-state index contributed by atoms with van der Waals surface area (Å²) in [6.07, 6.45) is 0. The molecule has 3 nitrogen and oxygen atoms in total. The summed E-state index contributed by atoms with van der Waals surface area (Å²) in [5.41, 5.74) is 0. The fourth-order valence-electron chi connectivity index (χ4n) is 0.772. The van der Waals surface area contributed by atoms with Gasteiger partial charge in [-0.25, -0.2) is 0 Å². The molecule has 0 radical (unpaired) electrons. The van der Waals surface area contributed by atoms with E-state index < -0.39 is 0 Å². The van der Waals surface area contributed by atoms with Crippen LogP contribution in [0.4, 0.5) is 0 Å². The Bertz CT molecular complexity index is 137. The number of amides is 1. The van der Waals surface area contributed by atoms with Crippen molar-refractivity contribution in [1.29, 1.82) is 0 Å². The number of carbonyl (C=O) groups is 1. The van der Waals surface area contributed by atoms with E-state index in [2.05, 4.69) is 5.32 Å². The molecule has 0 spiro atoms. The fourth-order valence-corrected chi connectivity index (χ4v) is 3.40. The monoisotopic (exact) mass is 193 g/mol. The van der Waals surface area contributed by atoms with Crippen molar-refractivity contribution >= 4 is 29.4 Å². The summed E-state index contributed by atoms with van der Waals surface area (Å²) in [7, 11) is 0. The maximum absolute atomic E-state index is 11.1. The second-order valence-corrected chi connectivity index (χ2v) is 4.81. The Labute approximate surface area is 74.3 Å². The Kier molecular flexibility index (Phi) is 4.11. The molecular weight excluding hydrogens is 182 g/mol. The van der Waals surface area contributed by atoms with Gasteiger partial charge in [0.25, 0.3) is 0 Å². The Morgan fingerprint density at radius 1 is 1.55 bits per heavy atom. The zero-order valence-electron chi connectivity index (χ0n) is 6.08. The van der Waals surface area contributed by atoms with Crippen LogP contribution in [0.2, 0.25) is 0 Å². The summed E-state index contributed by atoms with van der Waals surface area (Å²) in [5.74, 6) is 2.16. The normalized spacial score (nSPS) is 18.6. The average molecular weight is 193 g/mol. The van der Waals surface area contributed by atoms with E-state index in [-0.39, 0.29) is 17.1 Å². The lowest BCUT2D eigenvalue weighted by Gasteiger charge is -2.07. The van der Waals surface area contributed by atoms with Crippen LogP contribution < -0.4 is 5.32 Å². The minimum atomic E-state index is 0.0216. The first-order valence-electron chi connectivity index (χ1n) is 3.46. The molecule has 1 heterocycles. The highest BCUT2D eigenvalue weighted by Crippen LogP contribution is 2.31. The van der Waals surface area contributed by atoms with Gasteiger partial charge in [-0.2, -0.15) is 0 Å². The molecule has 0 aliphatic carbocycles. The van der Waals surface area contributed by atoms with E-state index in [1.165, 1.54) is 0 Å². The van der Waals surface area contributed by atoms with Crippen LogP contribution in [0, 0.1) is 0 Å². The summed E-state index contributed by atoms with van der Waals surface area (Å²) >= 11 is 3.34. The van der Waals surface area contributed by atoms with E-state index >= 15 is 0 Å². The molecule has 0 aromatic heterocycles. The van der Waals surface area contributed by atoms with Crippen molar-refractivity contribution in [2.45, 2.75) is 4.58 Å². The smallest absolute Gasteiger partial charge is 0.243 e. The maximum Gasteiger partial charge on any atom is 0.243 e. The molecule has 0 atom stereocenters. The Morgan fingerprint density at radius 3 is 2.73 bits per heavy atom. The molecule has 0 unspecified atom stereocenters. The van der Waals surface area contributed by atoms with Crippen LogP contribution in [-0.4, -0.2) is 40.3 Å². The summed E-state index contributed by atoms with van der Waals surface area (Å²) in [4.78, 5) is 11.1. The van der Waals surface area contributed by atoms with Crippen LogP contribution in [0.3, 0.4) is 0 Å². The third-order valence-corrected chi connectivity index (χ3v) is 4.24. The number of thioether (sulfide) groups is 2. The van der Waals surface area contributed by atoms with Crippen molar-refractivity contribution < 1.29 is 9.90 Å². The number of carbonyl (C=O) groups excluding carboxylic acids is 1. The number of aliphatic hydroxyl groups excluding tert-OH is 1. The summed E-state index contributed by atoms with van der Waals surface area (Å²) in [6, 6.07) is 0. The van der Waals surface area contributed by atoms with Crippen LogP contribution in [0.15, 0.2) is 0 Å². The molecule has 1 amide bonds. The third kappa shape index (κ3) is 2.92. The van der Waals surface area contributed by atoms with Crippen molar-refractivity contribution in [3.63, 3.8) is 0 Å². The van der Waals surface area contributed by atoms with Gasteiger partial charge in [-0.15, -0.1) is 23.5 Å². The lowest BCUT2D eigenvalue weighted by molar-refractivity contribution is -0.119. The van der Waals surface area contributed by atoms with Gasteiger partial charge in [0.15, 0.2) is 0 Å². The highest BCUT2D eigenvalue weighted by molar-refractivity contribution is 8.21. The molecule has 64 valence electrons. The molecule has 5 heteroatoms. The Balaban J connectivity index is 2.17. The average Bonchev–Trinajstić information content (AvgIpc) is 2.52. The van der Waals surface area contributed by atoms with Crippen LogP contribution in [0.25, 0.3) is 0 Å². The van der Waals surface area contributed by atoms with Crippen LogP contribution in [0.1, 0.15) is 0 Å². The highest BCUT2D eigenvalue weighted by Gasteiger charge is 2.23. The topological polar surface area (TPSA) is 49.3 Å². The minimum absolute atomic E-state index is 0.0216. The lowest BCUT2D eigenvalue weighted by atomic mass is 10.6. The molecule has 1 aliphatic rings. The van der Waals surface area contributed by atoms with Gasteiger partial charge in [0, 0.05) is 18.1 Å². The molecule has 0 aromatic rings. The first kappa shape index (κ1) is 9.22. The van der Waals surface area contributed by atoms with E-state index in [1.54, 1.807) is 23.5 Å². The molecule has 0 bridgehead atoms. The van der Waals surface area contributed by atoms with E-state index in [4.69, 9.17) is 5.11 Å². The van der Waals surface area contributed by atoms with Crippen molar-refractivity contribution in [1.82, 2.24) is 5.32 Å². The first-order chi connectivity index (χ1) is 5.34. The molecule has 0 saturated carbocycles. The Morgan fingerprint density at radius 2 is 2.18 bits per heavy atom. The van der Waals surface area contributed by atoms with Gasteiger partial charge in [0.1, 0.15) is 4.58 Å². The maximum atomic E-state index is 11.1. The third-order valence-electron chi connectivity index (χ3n) is 1.25. The predicted octanol–water partition coefficient (Wildman–Crippen LogP) is -0.0990. The van der Waals surface area contributed by atoms with Gasteiger partial charge < -0.3 is 10.4 Å². The Hall–Kier alpha value is 0.130. The number of hydrogen-bond acceptors (Lipinski definition) is 4. The molecule has 0 aromatic carbocycles. The molecule has 11 heavy (non-hydrogen) atoms. The number of aliphatic hydroxyl groups is 1. The summed E-state index contributed by atoms with van der Waals surface area (Å²) < 4.78 is 0.0570. The molecule has 1 aliphatic heterocycles. The zero-order chi connectivity index (χ0) is 8.10. The van der Waals surface area contributed by atoms with Gasteiger partial charge in [-0.1, -0.05) is 0 Å². The molecule has 2 N–H and O–H groups in total. The SMILES string of the molecule is O=C(NCCO)C1SCCS1. The largest absolute Gasteiger partial charge is 0.395 e. The molecular formula is C6H11NO2S2. The molecule has 1 rings (SSSR count). The number of rotatable bonds is 3. The number of hydrogen-bond donors (Lipinski definition) is 2. The van der Waals surface area contributed by atoms with Crippen LogP contribution in [-0.2, 0) is 4.79 Å². The lowest BCUT2D eigenvalue weighted by Crippen LogP contribution is -2.31. The van der Waals surface area contributed by atoms with Gasteiger partial charge >= 0.3 is 0 Å². The van der Waals surface area contributed by atoms with Crippen molar-refractivity contribution in [3.05, 3.63) is 0 Å². The predicted molar refractivity (Wildman–Crippen MR) is 48.8 cm³/mol. The van der Waals surface area contributed by atoms with E-state index in [9.17, 15) is 4.79 Å². The minimum Gasteiger partial charge on any atom is -0.395 e. The van der Waals surface area contributed by atoms with Crippen LogP contribution in [0.5, 0.6) is 0 Å². The number of nitrogens with one attached hydrogen (secondary N) is 1. The first-order valence-corrected chi connectivity index (χ1v) is 5.56. The standard InChI is InChI=1S/C6H11NO2S2/c8-2-1-7-5(9)6-10-3-4-11-6/h6,8H,1-4H2,(H,7,9). The van der Waals surface area contributed by atoms with Gasteiger partial charge in [-0.05, 0) is 0 Å².